The lowest BCUT2D eigenvalue weighted by atomic mass is 10.1. The molecule has 0 aromatic carbocycles. The Morgan fingerprint density at radius 2 is 2.17 bits per heavy atom. The van der Waals surface area contributed by atoms with Gasteiger partial charge in [-0.3, -0.25) is 0 Å². The van der Waals surface area contributed by atoms with Crippen LogP contribution in [0.3, 0.4) is 0 Å². The largest absolute Gasteiger partial charge is 0.378 e. The van der Waals surface area contributed by atoms with Crippen LogP contribution in [0.25, 0.3) is 0 Å². The van der Waals surface area contributed by atoms with E-state index in [4.69, 9.17) is 4.74 Å². The number of aromatic nitrogens is 1. The van der Waals surface area contributed by atoms with Crippen LogP contribution < -0.4 is 10.2 Å². The number of piperazine rings is 1. The molecule has 1 N–H and O–H groups in total. The molecule has 24 heavy (non-hydrogen) atoms. The Morgan fingerprint density at radius 1 is 1.33 bits per heavy atom. The zero-order valence-corrected chi connectivity index (χ0v) is 15.2. The van der Waals surface area contributed by atoms with Crippen LogP contribution in [0.5, 0.6) is 0 Å². The van der Waals surface area contributed by atoms with E-state index in [-0.39, 0.29) is 0 Å². The Kier molecular flexibility index (Phi) is 6.46. The third kappa shape index (κ3) is 4.91. The van der Waals surface area contributed by atoms with Crippen molar-refractivity contribution in [3.8, 4) is 0 Å². The smallest absolute Gasteiger partial charge is 0.128 e. The van der Waals surface area contributed by atoms with Crippen LogP contribution in [0.4, 0.5) is 5.82 Å². The third-order valence-corrected chi connectivity index (χ3v) is 5.25. The minimum atomic E-state index is 0.454. The quantitative estimate of drug-likeness (QED) is 0.829. The van der Waals surface area contributed by atoms with Gasteiger partial charge in [-0.25, -0.2) is 4.98 Å². The fourth-order valence-corrected chi connectivity index (χ4v) is 3.64. The van der Waals surface area contributed by atoms with E-state index in [9.17, 15) is 0 Å². The van der Waals surface area contributed by atoms with Gasteiger partial charge in [-0.05, 0) is 50.4 Å². The van der Waals surface area contributed by atoms with Crippen molar-refractivity contribution in [2.75, 3.05) is 44.2 Å². The van der Waals surface area contributed by atoms with Crippen LogP contribution in [0.2, 0.25) is 0 Å². The molecule has 1 aromatic heterocycles. The van der Waals surface area contributed by atoms with Crippen molar-refractivity contribution in [3.05, 3.63) is 23.9 Å². The molecule has 0 amide bonds. The fourth-order valence-electron chi connectivity index (χ4n) is 3.64. The van der Waals surface area contributed by atoms with Gasteiger partial charge in [0.25, 0.3) is 0 Å². The molecule has 3 rings (SSSR count). The first-order valence-electron chi connectivity index (χ1n) is 9.52. The van der Waals surface area contributed by atoms with Gasteiger partial charge < -0.3 is 19.9 Å². The topological polar surface area (TPSA) is 40.6 Å². The third-order valence-electron chi connectivity index (χ3n) is 5.25. The molecular formula is C19H32N4O. The van der Waals surface area contributed by atoms with Crippen molar-refractivity contribution < 1.29 is 4.74 Å². The molecule has 2 atom stereocenters. The molecule has 2 aliphatic heterocycles. The van der Waals surface area contributed by atoms with E-state index >= 15 is 0 Å². The number of anilines is 1. The van der Waals surface area contributed by atoms with E-state index < -0.39 is 0 Å². The molecule has 2 aliphatic rings. The van der Waals surface area contributed by atoms with Crippen LogP contribution in [0.1, 0.15) is 38.7 Å². The molecule has 0 radical (unpaired) electrons. The van der Waals surface area contributed by atoms with Gasteiger partial charge in [-0.15, -0.1) is 0 Å². The number of hydrogen-bond donors (Lipinski definition) is 1. The Balaban J connectivity index is 1.48. The maximum absolute atomic E-state index is 5.73. The molecule has 0 spiro atoms. The van der Waals surface area contributed by atoms with Gasteiger partial charge in [0.05, 0.1) is 6.10 Å². The van der Waals surface area contributed by atoms with Gasteiger partial charge in [0.2, 0.25) is 0 Å². The fraction of sp³-hybridized carbons (Fsp3) is 0.737. The van der Waals surface area contributed by atoms with Crippen LogP contribution in [-0.4, -0.2) is 61.4 Å². The summed E-state index contributed by atoms with van der Waals surface area (Å²) in [5.41, 5.74) is 1.32. The molecule has 0 bridgehead atoms. The van der Waals surface area contributed by atoms with Crippen LogP contribution in [0.15, 0.2) is 18.3 Å². The molecular weight excluding hydrogens is 300 g/mol. The summed E-state index contributed by atoms with van der Waals surface area (Å²) >= 11 is 0. The van der Waals surface area contributed by atoms with Gasteiger partial charge in [-0.2, -0.15) is 0 Å². The predicted octanol–water partition coefficient (Wildman–Crippen LogP) is 2.27. The van der Waals surface area contributed by atoms with Crippen LogP contribution in [0, 0.1) is 0 Å². The molecule has 2 fully saturated rings. The number of pyridine rings is 1. The van der Waals surface area contributed by atoms with Gasteiger partial charge >= 0.3 is 0 Å². The minimum absolute atomic E-state index is 0.454. The molecule has 134 valence electrons. The normalized spacial score (nSPS) is 23.6. The lowest BCUT2D eigenvalue weighted by molar-refractivity contribution is 0.0961. The standard InChI is InChI=1S/C19H32N4O/c1-3-22-8-10-23(11-9-22)19-14-17(6-7-20-19)15-21-16(2)13-18-5-4-12-24-18/h6-7,14,16,18,21H,3-5,8-13,15H2,1-2H3/t16-,18-/m0/s1. The highest BCUT2D eigenvalue weighted by Crippen LogP contribution is 2.18. The minimum Gasteiger partial charge on any atom is -0.378 e. The molecule has 3 heterocycles. The second-order valence-electron chi connectivity index (χ2n) is 7.10. The first-order valence-corrected chi connectivity index (χ1v) is 9.52. The van der Waals surface area contributed by atoms with Crippen molar-refractivity contribution in [2.24, 2.45) is 0 Å². The lowest BCUT2D eigenvalue weighted by Crippen LogP contribution is -2.46. The molecule has 5 heteroatoms. The number of hydrogen-bond acceptors (Lipinski definition) is 5. The number of nitrogens with zero attached hydrogens (tertiary/aromatic N) is 3. The Labute approximate surface area is 146 Å². The van der Waals surface area contributed by atoms with Crippen LogP contribution in [-0.2, 0) is 11.3 Å². The summed E-state index contributed by atoms with van der Waals surface area (Å²) in [6.45, 7) is 11.9. The maximum atomic E-state index is 5.73. The Hall–Kier alpha value is -1.17. The number of likely N-dealkylation sites (N-methyl/N-ethyl adjacent to an activating group) is 1. The van der Waals surface area contributed by atoms with Gasteiger partial charge in [0.1, 0.15) is 5.82 Å². The van der Waals surface area contributed by atoms with Crippen molar-refractivity contribution in [1.29, 1.82) is 0 Å². The van der Waals surface area contributed by atoms with Gasteiger partial charge in [-0.1, -0.05) is 6.92 Å². The molecule has 1 aromatic rings. The van der Waals surface area contributed by atoms with E-state index in [2.05, 4.69) is 46.1 Å². The predicted molar refractivity (Wildman–Crippen MR) is 98.5 cm³/mol. The van der Waals surface area contributed by atoms with Gasteiger partial charge in [0, 0.05) is 51.6 Å². The molecule has 0 aliphatic carbocycles. The summed E-state index contributed by atoms with van der Waals surface area (Å²) in [5.74, 6) is 1.12. The highest BCUT2D eigenvalue weighted by Gasteiger charge is 2.19. The zero-order valence-electron chi connectivity index (χ0n) is 15.2. The first-order chi connectivity index (χ1) is 11.7. The first kappa shape index (κ1) is 17.6. The molecule has 2 saturated heterocycles. The van der Waals surface area contributed by atoms with E-state index in [1.54, 1.807) is 0 Å². The van der Waals surface area contributed by atoms with E-state index in [1.165, 1.54) is 18.4 Å². The second kappa shape index (κ2) is 8.79. The maximum Gasteiger partial charge on any atom is 0.128 e. The van der Waals surface area contributed by atoms with Crippen molar-refractivity contribution in [2.45, 2.75) is 51.8 Å². The summed E-state index contributed by atoms with van der Waals surface area (Å²) in [7, 11) is 0. The summed E-state index contributed by atoms with van der Waals surface area (Å²) in [6.07, 6.45) is 5.95. The summed E-state index contributed by atoms with van der Waals surface area (Å²) in [4.78, 5) is 9.49. The summed E-state index contributed by atoms with van der Waals surface area (Å²) < 4.78 is 5.73. The number of ether oxygens (including phenoxy) is 1. The van der Waals surface area contributed by atoms with Crippen molar-refractivity contribution in [3.63, 3.8) is 0 Å². The second-order valence-corrected chi connectivity index (χ2v) is 7.10. The highest BCUT2D eigenvalue weighted by molar-refractivity contribution is 5.41. The number of rotatable bonds is 7. The van der Waals surface area contributed by atoms with E-state index in [1.807, 2.05) is 6.20 Å². The van der Waals surface area contributed by atoms with Crippen molar-refractivity contribution >= 4 is 5.82 Å². The highest BCUT2D eigenvalue weighted by atomic mass is 16.5. The average molecular weight is 332 g/mol. The van der Waals surface area contributed by atoms with Gasteiger partial charge in [0.15, 0.2) is 0 Å². The molecule has 0 unspecified atom stereocenters. The Morgan fingerprint density at radius 3 is 2.88 bits per heavy atom. The molecule has 0 saturated carbocycles. The Bertz CT molecular complexity index is 496. The summed E-state index contributed by atoms with van der Waals surface area (Å²) in [5, 5.41) is 3.64. The average Bonchev–Trinajstić information content (AvgIpc) is 3.13. The van der Waals surface area contributed by atoms with E-state index in [0.717, 1.165) is 58.1 Å². The molecule has 5 nitrogen and oxygen atoms in total. The monoisotopic (exact) mass is 332 g/mol. The van der Waals surface area contributed by atoms with Crippen molar-refractivity contribution in [1.82, 2.24) is 15.2 Å². The van der Waals surface area contributed by atoms with Crippen LogP contribution >= 0.6 is 0 Å². The summed E-state index contributed by atoms with van der Waals surface area (Å²) in [6, 6.07) is 4.85. The number of nitrogens with one attached hydrogen (secondary N) is 1. The van der Waals surface area contributed by atoms with E-state index in [0.29, 0.717) is 12.1 Å². The lowest BCUT2D eigenvalue weighted by Gasteiger charge is -2.34. The zero-order chi connectivity index (χ0) is 16.8. The SMILES string of the molecule is CCN1CCN(c2cc(CN[C@@H](C)C[C@@H]3CCCO3)ccn2)CC1.